The number of nitrogens with zero attached hydrogens (tertiary/aromatic N) is 1. The monoisotopic (exact) mass is 224 g/mol. The third-order valence-electron chi connectivity index (χ3n) is 1.68. The summed E-state index contributed by atoms with van der Waals surface area (Å²) in [5.41, 5.74) is 1.51. The van der Waals surface area contributed by atoms with Crippen LogP contribution in [0.1, 0.15) is 10.4 Å². The van der Waals surface area contributed by atoms with Gasteiger partial charge in [0.05, 0.1) is 11.7 Å². The molecule has 3 nitrogen and oxygen atoms in total. The molecule has 0 spiro atoms. The van der Waals surface area contributed by atoms with Gasteiger partial charge in [0, 0.05) is 15.4 Å². The first-order valence-corrected chi connectivity index (χ1v) is 4.18. The fraction of sp³-hybridized carbons (Fsp3) is 0. The summed E-state index contributed by atoms with van der Waals surface area (Å²) >= 11 is 3.29. The SMILES string of the molecule is O=Cc1cc2[nH]ncc2cc1Br. The van der Waals surface area contributed by atoms with E-state index in [1.807, 2.05) is 6.07 Å². The van der Waals surface area contributed by atoms with Crippen LogP contribution >= 0.6 is 15.9 Å². The van der Waals surface area contributed by atoms with Gasteiger partial charge in [-0.25, -0.2) is 0 Å². The molecule has 0 saturated heterocycles. The maximum absolute atomic E-state index is 10.5. The molecule has 1 aromatic carbocycles. The number of hydrogen-bond donors (Lipinski definition) is 1. The highest BCUT2D eigenvalue weighted by Gasteiger charge is 2.02. The van der Waals surface area contributed by atoms with Crippen LogP contribution in [-0.2, 0) is 0 Å². The van der Waals surface area contributed by atoms with Gasteiger partial charge in [0.1, 0.15) is 0 Å². The number of fused-ring (bicyclic) bond motifs is 1. The van der Waals surface area contributed by atoms with Gasteiger partial charge in [-0.3, -0.25) is 9.89 Å². The van der Waals surface area contributed by atoms with Gasteiger partial charge < -0.3 is 0 Å². The average Bonchev–Trinajstić information content (AvgIpc) is 2.49. The van der Waals surface area contributed by atoms with E-state index in [2.05, 4.69) is 26.1 Å². The molecule has 12 heavy (non-hydrogen) atoms. The second-order valence-electron chi connectivity index (χ2n) is 2.45. The number of H-pyrrole nitrogens is 1. The van der Waals surface area contributed by atoms with E-state index in [1.165, 1.54) is 0 Å². The quantitative estimate of drug-likeness (QED) is 0.755. The Morgan fingerprint density at radius 2 is 2.33 bits per heavy atom. The maximum Gasteiger partial charge on any atom is 0.151 e. The predicted octanol–water partition coefficient (Wildman–Crippen LogP) is 2.14. The summed E-state index contributed by atoms with van der Waals surface area (Å²) < 4.78 is 0.798. The number of carbonyl (C=O) groups is 1. The highest BCUT2D eigenvalue weighted by atomic mass is 79.9. The van der Waals surface area contributed by atoms with Crippen LogP contribution in [-0.4, -0.2) is 16.5 Å². The average molecular weight is 225 g/mol. The lowest BCUT2D eigenvalue weighted by molar-refractivity contribution is 0.112. The number of benzene rings is 1. The summed E-state index contributed by atoms with van der Waals surface area (Å²) in [4.78, 5) is 10.5. The number of halogens is 1. The molecule has 0 aliphatic carbocycles. The molecule has 0 fully saturated rings. The first-order chi connectivity index (χ1) is 5.81. The van der Waals surface area contributed by atoms with Gasteiger partial charge in [-0.05, 0) is 12.1 Å². The Morgan fingerprint density at radius 1 is 1.50 bits per heavy atom. The molecule has 1 N–H and O–H groups in total. The highest BCUT2D eigenvalue weighted by molar-refractivity contribution is 9.10. The highest BCUT2D eigenvalue weighted by Crippen LogP contribution is 2.21. The van der Waals surface area contributed by atoms with Gasteiger partial charge in [0.2, 0.25) is 0 Å². The van der Waals surface area contributed by atoms with Crippen LogP contribution in [0.5, 0.6) is 0 Å². The molecule has 4 heteroatoms. The van der Waals surface area contributed by atoms with Crippen molar-refractivity contribution >= 4 is 33.1 Å². The number of nitrogens with one attached hydrogen (secondary N) is 1. The summed E-state index contributed by atoms with van der Waals surface area (Å²) in [7, 11) is 0. The number of aldehydes is 1. The van der Waals surface area contributed by atoms with E-state index < -0.39 is 0 Å². The van der Waals surface area contributed by atoms with Crippen molar-refractivity contribution in [2.75, 3.05) is 0 Å². The minimum Gasteiger partial charge on any atom is -0.298 e. The van der Waals surface area contributed by atoms with Gasteiger partial charge in [-0.2, -0.15) is 5.10 Å². The van der Waals surface area contributed by atoms with Crippen LogP contribution in [0.3, 0.4) is 0 Å². The van der Waals surface area contributed by atoms with E-state index >= 15 is 0 Å². The van der Waals surface area contributed by atoms with Gasteiger partial charge >= 0.3 is 0 Å². The van der Waals surface area contributed by atoms with Gasteiger partial charge in [-0.15, -0.1) is 0 Å². The number of rotatable bonds is 1. The zero-order valence-electron chi connectivity index (χ0n) is 6.04. The second-order valence-corrected chi connectivity index (χ2v) is 3.30. The lowest BCUT2D eigenvalue weighted by atomic mass is 10.2. The molecule has 1 heterocycles. The van der Waals surface area contributed by atoms with Crippen LogP contribution in [0.25, 0.3) is 10.9 Å². The standard InChI is InChI=1S/C8H5BrN2O/c9-7-1-5-3-10-11-8(5)2-6(7)4-12/h1-4H,(H,10,11). The molecule has 0 saturated carbocycles. The van der Waals surface area contributed by atoms with Crippen LogP contribution < -0.4 is 0 Å². The lowest BCUT2D eigenvalue weighted by Gasteiger charge is -1.94. The second kappa shape index (κ2) is 2.71. The van der Waals surface area contributed by atoms with Crippen molar-refractivity contribution in [3.63, 3.8) is 0 Å². The molecule has 0 amide bonds. The van der Waals surface area contributed by atoms with Gasteiger partial charge in [0.15, 0.2) is 6.29 Å². The van der Waals surface area contributed by atoms with Crippen LogP contribution in [0.2, 0.25) is 0 Å². The van der Waals surface area contributed by atoms with E-state index in [1.54, 1.807) is 12.3 Å². The molecular weight excluding hydrogens is 220 g/mol. The summed E-state index contributed by atoms with van der Waals surface area (Å²) in [6, 6.07) is 3.63. The Hall–Kier alpha value is -1.16. The molecule has 0 unspecified atom stereocenters. The van der Waals surface area contributed by atoms with E-state index in [-0.39, 0.29) is 0 Å². The minimum atomic E-state index is 0.631. The molecule has 0 bridgehead atoms. The molecular formula is C8H5BrN2O. The van der Waals surface area contributed by atoms with Crippen LogP contribution in [0.15, 0.2) is 22.8 Å². The zero-order chi connectivity index (χ0) is 8.55. The number of aromatic nitrogens is 2. The maximum atomic E-state index is 10.5. The number of aromatic amines is 1. The van der Waals surface area contributed by atoms with Crippen LogP contribution in [0, 0.1) is 0 Å². The van der Waals surface area contributed by atoms with Crippen LogP contribution in [0.4, 0.5) is 0 Å². The molecule has 0 radical (unpaired) electrons. The fourth-order valence-corrected chi connectivity index (χ4v) is 1.53. The van der Waals surface area contributed by atoms with E-state index in [4.69, 9.17) is 0 Å². The summed E-state index contributed by atoms with van der Waals surface area (Å²) in [6.07, 6.45) is 2.53. The largest absolute Gasteiger partial charge is 0.298 e. The predicted molar refractivity (Wildman–Crippen MR) is 49.2 cm³/mol. The van der Waals surface area contributed by atoms with Gasteiger partial charge in [0.25, 0.3) is 0 Å². The first-order valence-electron chi connectivity index (χ1n) is 3.39. The molecule has 0 aliphatic heterocycles. The molecule has 2 aromatic rings. The van der Waals surface area contributed by atoms with Crippen molar-refractivity contribution in [3.8, 4) is 0 Å². The van der Waals surface area contributed by atoms with E-state index in [0.717, 1.165) is 21.7 Å². The Labute approximate surface area is 76.9 Å². The van der Waals surface area contributed by atoms with E-state index in [9.17, 15) is 4.79 Å². The van der Waals surface area contributed by atoms with E-state index in [0.29, 0.717) is 5.56 Å². The smallest absolute Gasteiger partial charge is 0.151 e. The molecule has 60 valence electrons. The topological polar surface area (TPSA) is 45.8 Å². The molecule has 2 rings (SSSR count). The molecule has 0 aliphatic rings. The molecule has 0 atom stereocenters. The third kappa shape index (κ3) is 1.04. The Bertz CT molecular complexity index is 436. The Balaban J connectivity index is 2.81. The Morgan fingerprint density at radius 3 is 3.08 bits per heavy atom. The fourth-order valence-electron chi connectivity index (χ4n) is 1.07. The van der Waals surface area contributed by atoms with Crippen molar-refractivity contribution in [2.45, 2.75) is 0 Å². The van der Waals surface area contributed by atoms with Crippen molar-refractivity contribution in [2.24, 2.45) is 0 Å². The first kappa shape index (κ1) is 7.49. The summed E-state index contributed by atoms with van der Waals surface area (Å²) in [5.74, 6) is 0. The van der Waals surface area contributed by atoms with Crippen molar-refractivity contribution < 1.29 is 4.79 Å². The Kier molecular flexibility index (Phi) is 1.69. The number of carbonyl (C=O) groups excluding carboxylic acids is 1. The van der Waals surface area contributed by atoms with Gasteiger partial charge in [-0.1, -0.05) is 15.9 Å². The summed E-state index contributed by atoms with van der Waals surface area (Å²) in [6.45, 7) is 0. The van der Waals surface area contributed by atoms with Crippen molar-refractivity contribution in [1.29, 1.82) is 0 Å². The number of hydrogen-bond acceptors (Lipinski definition) is 2. The van der Waals surface area contributed by atoms with Crippen molar-refractivity contribution in [1.82, 2.24) is 10.2 Å². The van der Waals surface area contributed by atoms with Crippen molar-refractivity contribution in [3.05, 3.63) is 28.4 Å². The molecule has 1 aromatic heterocycles. The lowest BCUT2D eigenvalue weighted by Crippen LogP contribution is -1.81. The minimum absolute atomic E-state index is 0.631. The normalized spacial score (nSPS) is 10.4. The third-order valence-corrected chi connectivity index (χ3v) is 2.37. The zero-order valence-corrected chi connectivity index (χ0v) is 7.63. The summed E-state index contributed by atoms with van der Waals surface area (Å²) in [5, 5.41) is 7.64.